The minimum Gasteiger partial charge on any atom is -0.334 e. The van der Waals surface area contributed by atoms with Gasteiger partial charge in [0.25, 0.3) is 5.89 Å². The molecule has 0 fully saturated rings. The molecule has 8 heteroatoms. The molecule has 26 heavy (non-hydrogen) atoms. The van der Waals surface area contributed by atoms with Gasteiger partial charge in [-0.15, -0.1) is 0 Å². The zero-order valence-electron chi connectivity index (χ0n) is 14.4. The third-order valence-electron chi connectivity index (χ3n) is 3.92. The summed E-state index contributed by atoms with van der Waals surface area (Å²) in [5, 5.41) is 3.89. The summed E-state index contributed by atoms with van der Waals surface area (Å²) < 4.78 is 44.6. The largest absolute Gasteiger partial charge is 0.334 e. The Labute approximate surface area is 151 Å². The Bertz CT molecular complexity index is 1000. The maximum atomic E-state index is 13.3. The summed E-state index contributed by atoms with van der Waals surface area (Å²) in [5.74, 6) is 0.192. The van der Waals surface area contributed by atoms with Gasteiger partial charge in [-0.1, -0.05) is 28.9 Å². The van der Waals surface area contributed by atoms with Gasteiger partial charge in [-0.05, 0) is 37.3 Å². The van der Waals surface area contributed by atoms with Crippen molar-refractivity contribution in [2.45, 2.75) is 18.2 Å². The molecule has 0 aliphatic rings. The Morgan fingerprint density at radius 1 is 1.15 bits per heavy atom. The van der Waals surface area contributed by atoms with Crippen LogP contribution in [-0.2, 0) is 16.4 Å². The van der Waals surface area contributed by atoms with E-state index in [9.17, 15) is 12.8 Å². The maximum absolute atomic E-state index is 13.3. The van der Waals surface area contributed by atoms with E-state index >= 15 is 0 Å². The van der Waals surface area contributed by atoms with E-state index in [-0.39, 0.29) is 17.9 Å². The average Bonchev–Trinajstić information content (AvgIpc) is 3.09. The fraction of sp³-hybridized carbons (Fsp3) is 0.222. The Kier molecular flexibility index (Phi) is 5.15. The molecule has 0 saturated heterocycles. The number of hydrogen-bond donors (Lipinski definition) is 0. The summed E-state index contributed by atoms with van der Waals surface area (Å²) in [5.41, 5.74) is 1.92. The normalized spacial score (nSPS) is 11.8. The molecule has 0 radical (unpaired) electrons. The number of nitrogens with zero attached hydrogens (tertiary/aromatic N) is 3. The molecule has 0 spiro atoms. The molecule has 1 aromatic heterocycles. The predicted molar refractivity (Wildman–Crippen MR) is 94.4 cm³/mol. The standard InChI is InChI=1S/C18H18FN3O3S/c1-13-6-8-14(9-7-13)18-20-17(21-25-18)10-11-22(2)26(23,24)16-5-3-4-15(19)12-16/h3-9,12H,10-11H2,1-2H3. The van der Waals surface area contributed by atoms with Gasteiger partial charge in [-0.25, -0.2) is 17.1 Å². The van der Waals surface area contributed by atoms with Crippen LogP contribution in [0.15, 0.2) is 57.9 Å². The lowest BCUT2D eigenvalue weighted by atomic mass is 10.1. The molecular weight excluding hydrogens is 357 g/mol. The lowest BCUT2D eigenvalue weighted by molar-refractivity contribution is 0.415. The van der Waals surface area contributed by atoms with Gasteiger partial charge >= 0.3 is 0 Å². The minimum atomic E-state index is -3.77. The van der Waals surface area contributed by atoms with E-state index in [1.807, 2.05) is 31.2 Å². The van der Waals surface area contributed by atoms with Crippen LogP contribution in [0.2, 0.25) is 0 Å². The summed E-state index contributed by atoms with van der Waals surface area (Å²) >= 11 is 0. The third kappa shape index (κ3) is 3.97. The van der Waals surface area contributed by atoms with E-state index in [1.54, 1.807) is 0 Å². The van der Waals surface area contributed by atoms with Crippen LogP contribution >= 0.6 is 0 Å². The Morgan fingerprint density at radius 3 is 2.58 bits per heavy atom. The van der Waals surface area contributed by atoms with E-state index in [0.29, 0.717) is 11.7 Å². The number of halogens is 1. The molecule has 1 heterocycles. The Balaban J connectivity index is 1.68. The van der Waals surface area contributed by atoms with Gasteiger partial charge in [0.2, 0.25) is 10.0 Å². The number of hydrogen-bond acceptors (Lipinski definition) is 5. The van der Waals surface area contributed by atoms with Crippen molar-refractivity contribution < 1.29 is 17.3 Å². The number of benzene rings is 2. The highest BCUT2D eigenvalue weighted by Gasteiger charge is 2.21. The predicted octanol–water partition coefficient (Wildman–Crippen LogP) is 3.05. The van der Waals surface area contributed by atoms with Crippen molar-refractivity contribution in [2.24, 2.45) is 0 Å². The number of likely N-dealkylation sites (N-methyl/N-ethyl adjacent to an activating group) is 1. The lowest BCUT2D eigenvalue weighted by Crippen LogP contribution is -2.29. The van der Waals surface area contributed by atoms with Crippen LogP contribution in [0.4, 0.5) is 4.39 Å². The summed E-state index contributed by atoms with van der Waals surface area (Å²) in [4.78, 5) is 4.20. The molecule has 0 amide bonds. The van der Waals surface area contributed by atoms with Gasteiger partial charge in [-0.3, -0.25) is 0 Å². The van der Waals surface area contributed by atoms with Gasteiger partial charge < -0.3 is 4.52 Å². The highest BCUT2D eigenvalue weighted by Crippen LogP contribution is 2.19. The fourth-order valence-electron chi connectivity index (χ4n) is 2.35. The topological polar surface area (TPSA) is 76.3 Å². The first kappa shape index (κ1) is 18.2. The quantitative estimate of drug-likeness (QED) is 0.662. The first-order valence-electron chi connectivity index (χ1n) is 7.98. The van der Waals surface area contributed by atoms with Crippen molar-refractivity contribution in [2.75, 3.05) is 13.6 Å². The third-order valence-corrected chi connectivity index (χ3v) is 5.77. The van der Waals surface area contributed by atoms with Crippen molar-refractivity contribution in [1.29, 1.82) is 0 Å². The molecule has 3 rings (SSSR count). The minimum absolute atomic E-state index is 0.0894. The fourth-order valence-corrected chi connectivity index (χ4v) is 3.56. The zero-order chi connectivity index (χ0) is 18.7. The van der Waals surface area contributed by atoms with Gasteiger partial charge in [0, 0.05) is 25.6 Å². The highest BCUT2D eigenvalue weighted by atomic mass is 32.2. The van der Waals surface area contributed by atoms with Crippen LogP contribution < -0.4 is 0 Å². The molecule has 6 nitrogen and oxygen atoms in total. The van der Waals surface area contributed by atoms with Crippen molar-refractivity contribution >= 4 is 10.0 Å². The molecule has 0 N–H and O–H groups in total. The molecule has 2 aromatic carbocycles. The second-order valence-electron chi connectivity index (χ2n) is 5.92. The van der Waals surface area contributed by atoms with Gasteiger partial charge in [-0.2, -0.15) is 4.98 Å². The van der Waals surface area contributed by atoms with E-state index in [4.69, 9.17) is 4.52 Å². The lowest BCUT2D eigenvalue weighted by Gasteiger charge is -2.16. The molecule has 0 aliphatic heterocycles. The van der Waals surface area contributed by atoms with Crippen molar-refractivity contribution in [1.82, 2.24) is 14.4 Å². The van der Waals surface area contributed by atoms with Crippen molar-refractivity contribution in [3.8, 4) is 11.5 Å². The van der Waals surface area contributed by atoms with Crippen LogP contribution in [0.3, 0.4) is 0 Å². The van der Waals surface area contributed by atoms with Crippen LogP contribution in [-0.4, -0.2) is 36.5 Å². The van der Waals surface area contributed by atoms with Crippen LogP contribution in [0.5, 0.6) is 0 Å². The summed E-state index contributed by atoms with van der Waals surface area (Å²) in [6.07, 6.45) is 0.278. The SMILES string of the molecule is Cc1ccc(-c2nc(CCN(C)S(=O)(=O)c3cccc(F)c3)no2)cc1. The molecule has 0 bridgehead atoms. The van der Waals surface area contributed by atoms with Gasteiger partial charge in [0.05, 0.1) is 4.90 Å². The molecule has 0 saturated carbocycles. The van der Waals surface area contributed by atoms with Crippen LogP contribution in [0, 0.1) is 12.7 Å². The molecule has 136 valence electrons. The zero-order valence-corrected chi connectivity index (χ0v) is 15.2. The second kappa shape index (κ2) is 7.35. The van der Waals surface area contributed by atoms with Crippen LogP contribution in [0.1, 0.15) is 11.4 Å². The monoisotopic (exact) mass is 375 g/mol. The smallest absolute Gasteiger partial charge is 0.257 e. The highest BCUT2D eigenvalue weighted by molar-refractivity contribution is 7.89. The van der Waals surface area contributed by atoms with Crippen molar-refractivity contribution in [3.05, 3.63) is 65.7 Å². The molecule has 0 atom stereocenters. The number of rotatable bonds is 6. The van der Waals surface area contributed by atoms with E-state index in [0.717, 1.165) is 21.5 Å². The molecular formula is C18H18FN3O3S. The number of sulfonamides is 1. The second-order valence-corrected chi connectivity index (χ2v) is 7.96. The Hall–Kier alpha value is -2.58. The Morgan fingerprint density at radius 2 is 1.88 bits per heavy atom. The summed E-state index contributed by atoms with van der Waals surface area (Å²) in [6, 6.07) is 12.6. The van der Waals surface area contributed by atoms with E-state index in [2.05, 4.69) is 10.1 Å². The van der Waals surface area contributed by atoms with Gasteiger partial charge in [0.15, 0.2) is 5.82 Å². The number of aromatic nitrogens is 2. The summed E-state index contributed by atoms with van der Waals surface area (Å²) in [6.45, 7) is 2.13. The van der Waals surface area contributed by atoms with Gasteiger partial charge in [0.1, 0.15) is 5.82 Å². The van der Waals surface area contributed by atoms with E-state index < -0.39 is 15.8 Å². The maximum Gasteiger partial charge on any atom is 0.257 e. The molecule has 0 aliphatic carbocycles. The number of aryl methyl sites for hydroxylation is 1. The van der Waals surface area contributed by atoms with Crippen LogP contribution in [0.25, 0.3) is 11.5 Å². The van der Waals surface area contributed by atoms with E-state index in [1.165, 1.54) is 25.2 Å². The molecule has 3 aromatic rings. The first-order valence-corrected chi connectivity index (χ1v) is 9.42. The molecule has 0 unspecified atom stereocenters. The summed E-state index contributed by atoms with van der Waals surface area (Å²) in [7, 11) is -2.34. The average molecular weight is 375 g/mol. The van der Waals surface area contributed by atoms with Crippen molar-refractivity contribution in [3.63, 3.8) is 0 Å². The first-order chi connectivity index (χ1) is 12.4.